The Bertz CT molecular complexity index is 651. The lowest BCUT2D eigenvalue weighted by Gasteiger charge is -2.27. The van der Waals surface area contributed by atoms with E-state index in [9.17, 15) is 13.2 Å². The van der Waals surface area contributed by atoms with Gasteiger partial charge in [0.1, 0.15) is 5.69 Å². The molecule has 2 rings (SSSR count). The van der Waals surface area contributed by atoms with E-state index in [2.05, 4.69) is 5.10 Å². The minimum absolute atomic E-state index is 0.0335. The monoisotopic (exact) mass is 314 g/mol. The normalized spacial score (nSPS) is 20.6. The maximum Gasteiger partial charge on any atom is 0.274 e. The van der Waals surface area contributed by atoms with Gasteiger partial charge in [-0.25, -0.2) is 8.42 Å². The second-order valence-electron chi connectivity index (χ2n) is 5.31. The van der Waals surface area contributed by atoms with Crippen molar-refractivity contribution in [2.75, 3.05) is 23.8 Å². The van der Waals surface area contributed by atoms with E-state index in [-0.39, 0.29) is 23.5 Å². The Balaban J connectivity index is 2.33. The van der Waals surface area contributed by atoms with Crippen LogP contribution in [0.1, 0.15) is 36.5 Å². The highest BCUT2D eigenvalue weighted by Crippen LogP contribution is 2.23. The van der Waals surface area contributed by atoms with Crippen LogP contribution < -0.4 is 5.73 Å². The van der Waals surface area contributed by atoms with Gasteiger partial charge in [-0.15, -0.1) is 0 Å². The second kappa shape index (κ2) is 5.67. The summed E-state index contributed by atoms with van der Waals surface area (Å²) in [7, 11) is -3.03. The molecule has 0 bridgehead atoms. The molecule has 1 atom stereocenters. The zero-order chi connectivity index (χ0) is 15.8. The van der Waals surface area contributed by atoms with Gasteiger partial charge in [0.2, 0.25) is 0 Å². The van der Waals surface area contributed by atoms with Crippen LogP contribution in [0.3, 0.4) is 0 Å². The molecule has 0 aromatic carbocycles. The molecule has 0 aliphatic carbocycles. The molecule has 1 aliphatic rings. The highest BCUT2D eigenvalue weighted by atomic mass is 32.2. The van der Waals surface area contributed by atoms with Gasteiger partial charge >= 0.3 is 0 Å². The fourth-order valence-corrected chi connectivity index (χ4v) is 4.51. The molecule has 2 heterocycles. The number of nitrogens with two attached hydrogens (primary N) is 1. The van der Waals surface area contributed by atoms with Gasteiger partial charge in [-0.3, -0.25) is 9.48 Å². The topological polar surface area (TPSA) is 98.3 Å². The predicted molar refractivity (Wildman–Crippen MR) is 80.8 cm³/mol. The van der Waals surface area contributed by atoms with Crippen LogP contribution in [0.5, 0.6) is 0 Å². The third kappa shape index (κ3) is 2.90. The van der Waals surface area contributed by atoms with Crippen molar-refractivity contribution in [3.8, 4) is 0 Å². The molecule has 0 spiro atoms. The van der Waals surface area contributed by atoms with E-state index < -0.39 is 9.84 Å². The summed E-state index contributed by atoms with van der Waals surface area (Å²) >= 11 is 0. The molecule has 2 N–H and O–H groups in total. The Labute approximate surface area is 125 Å². The Hall–Kier alpha value is -1.57. The lowest BCUT2D eigenvalue weighted by molar-refractivity contribution is 0.0697. The van der Waals surface area contributed by atoms with Crippen LogP contribution in [0.25, 0.3) is 0 Å². The summed E-state index contributed by atoms with van der Waals surface area (Å²) in [5, 5.41) is 4.25. The Morgan fingerprint density at radius 2 is 2.14 bits per heavy atom. The highest BCUT2D eigenvalue weighted by Gasteiger charge is 2.36. The van der Waals surface area contributed by atoms with E-state index >= 15 is 0 Å². The summed E-state index contributed by atoms with van der Waals surface area (Å²) in [4.78, 5) is 14.4. The number of rotatable bonds is 4. The summed E-state index contributed by atoms with van der Waals surface area (Å²) in [6, 6.07) is -0.271. The first-order valence-electron chi connectivity index (χ1n) is 7.15. The number of aromatic nitrogens is 2. The molecule has 0 saturated carbocycles. The van der Waals surface area contributed by atoms with E-state index in [0.717, 1.165) is 0 Å². The highest BCUT2D eigenvalue weighted by molar-refractivity contribution is 7.91. The molecule has 1 aromatic rings. The number of carbonyl (C=O) groups is 1. The molecule has 21 heavy (non-hydrogen) atoms. The minimum atomic E-state index is -3.03. The number of hydrogen-bond donors (Lipinski definition) is 1. The molecule has 1 aliphatic heterocycles. The average Bonchev–Trinajstić information content (AvgIpc) is 2.91. The fraction of sp³-hybridized carbons (Fsp3) is 0.692. The van der Waals surface area contributed by atoms with Crippen molar-refractivity contribution < 1.29 is 13.2 Å². The van der Waals surface area contributed by atoms with Crippen LogP contribution in [0, 0.1) is 6.92 Å². The zero-order valence-electron chi connectivity index (χ0n) is 12.7. The predicted octanol–water partition coefficient (Wildman–Crippen LogP) is 0.443. The maximum atomic E-state index is 12.8. The van der Waals surface area contributed by atoms with Gasteiger partial charge in [0, 0.05) is 19.1 Å². The molecule has 1 unspecified atom stereocenters. The van der Waals surface area contributed by atoms with Gasteiger partial charge in [0.25, 0.3) is 5.91 Å². The van der Waals surface area contributed by atoms with Crippen LogP contribution in [-0.4, -0.2) is 53.1 Å². The SMILES string of the molecule is CCN(C(=O)c1c(N)c(C)nn1CC)C1CCS(=O)(=O)C1. The van der Waals surface area contributed by atoms with Gasteiger partial charge in [0.15, 0.2) is 9.84 Å². The zero-order valence-corrected chi connectivity index (χ0v) is 13.5. The van der Waals surface area contributed by atoms with Crippen molar-refractivity contribution in [2.24, 2.45) is 0 Å². The van der Waals surface area contributed by atoms with Crippen LogP contribution in [0.4, 0.5) is 5.69 Å². The third-order valence-electron chi connectivity index (χ3n) is 3.93. The largest absolute Gasteiger partial charge is 0.395 e. The molecular weight excluding hydrogens is 292 g/mol. The smallest absolute Gasteiger partial charge is 0.274 e. The molecule has 1 aromatic heterocycles. The molecule has 1 amide bonds. The van der Waals surface area contributed by atoms with E-state index in [1.165, 1.54) is 0 Å². The Morgan fingerprint density at radius 1 is 1.48 bits per heavy atom. The maximum absolute atomic E-state index is 12.8. The molecular formula is C13H22N4O3S. The van der Waals surface area contributed by atoms with Crippen molar-refractivity contribution in [3.63, 3.8) is 0 Å². The Kier molecular flexibility index (Phi) is 4.27. The van der Waals surface area contributed by atoms with E-state index in [0.29, 0.717) is 36.6 Å². The van der Waals surface area contributed by atoms with Crippen LogP contribution in [0.15, 0.2) is 0 Å². The fourth-order valence-electron chi connectivity index (χ4n) is 2.77. The number of amides is 1. The summed E-state index contributed by atoms with van der Waals surface area (Å²) < 4.78 is 24.9. The van der Waals surface area contributed by atoms with Crippen molar-refractivity contribution >= 4 is 21.4 Å². The lowest BCUT2D eigenvalue weighted by atomic mass is 10.2. The standard InChI is InChI=1S/C13H22N4O3S/c1-4-16(10-6-7-21(19,20)8-10)13(18)12-11(14)9(3)15-17(12)5-2/h10H,4-8,14H2,1-3H3. The molecule has 1 saturated heterocycles. The van der Waals surface area contributed by atoms with Gasteiger partial charge < -0.3 is 10.6 Å². The van der Waals surface area contributed by atoms with Gasteiger partial charge in [-0.2, -0.15) is 5.10 Å². The van der Waals surface area contributed by atoms with Crippen LogP contribution in [0.2, 0.25) is 0 Å². The van der Waals surface area contributed by atoms with E-state index in [1.807, 2.05) is 13.8 Å². The first-order chi connectivity index (χ1) is 9.80. The van der Waals surface area contributed by atoms with Crippen LogP contribution >= 0.6 is 0 Å². The van der Waals surface area contributed by atoms with Gasteiger partial charge in [-0.05, 0) is 27.2 Å². The molecule has 0 radical (unpaired) electrons. The number of anilines is 1. The number of sulfone groups is 1. The number of carbonyl (C=O) groups excluding carboxylic acids is 1. The van der Waals surface area contributed by atoms with E-state index in [4.69, 9.17) is 5.73 Å². The summed E-state index contributed by atoms with van der Waals surface area (Å²) in [5.41, 5.74) is 7.33. The summed E-state index contributed by atoms with van der Waals surface area (Å²) in [6.07, 6.45) is 0.487. The number of nitrogen functional groups attached to an aromatic ring is 1. The Morgan fingerprint density at radius 3 is 2.62 bits per heavy atom. The number of hydrogen-bond acceptors (Lipinski definition) is 5. The molecule has 1 fully saturated rings. The molecule has 7 nitrogen and oxygen atoms in total. The average molecular weight is 314 g/mol. The minimum Gasteiger partial charge on any atom is -0.395 e. The first-order valence-corrected chi connectivity index (χ1v) is 8.97. The van der Waals surface area contributed by atoms with Crippen molar-refractivity contribution in [1.29, 1.82) is 0 Å². The van der Waals surface area contributed by atoms with Crippen LogP contribution in [-0.2, 0) is 16.4 Å². The van der Waals surface area contributed by atoms with Crippen molar-refractivity contribution in [1.82, 2.24) is 14.7 Å². The second-order valence-corrected chi connectivity index (χ2v) is 7.54. The first kappa shape index (κ1) is 15.8. The number of nitrogens with zero attached hydrogens (tertiary/aromatic N) is 3. The van der Waals surface area contributed by atoms with Crippen molar-refractivity contribution in [3.05, 3.63) is 11.4 Å². The summed E-state index contributed by atoms with van der Waals surface area (Å²) in [5.74, 6) is -0.0612. The number of aryl methyl sites for hydroxylation is 2. The molecule has 8 heteroatoms. The van der Waals surface area contributed by atoms with Crippen molar-refractivity contribution in [2.45, 2.75) is 39.8 Å². The summed E-state index contributed by atoms with van der Waals surface area (Å²) in [6.45, 7) is 6.48. The molecule has 118 valence electrons. The van der Waals surface area contributed by atoms with Gasteiger partial charge in [0.05, 0.1) is 22.9 Å². The van der Waals surface area contributed by atoms with E-state index in [1.54, 1.807) is 16.5 Å². The lowest BCUT2D eigenvalue weighted by Crippen LogP contribution is -2.42. The third-order valence-corrected chi connectivity index (χ3v) is 5.68. The van der Waals surface area contributed by atoms with Gasteiger partial charge in [-0.1, -0.05) is 0 Å². The quantitative estimate of drug-likeness (QED) is 0.869.